The molecule has 0 aliphatic rings. The first kappa shape index (κ1) is 26.8. The van der Waals surface area contributed by atoms with Gasteiger partial charge in [-0.3, -0.25) is 4.79 Å². The van der Waals surface area contributed by atoms with Gasteiger partial charge in [0.2, 0.25) is 0 Å². The predicted octanol–water partition coefficient (Wildman–Crippen LogP) is 2.81. The van der Waals surface area contributed by atoms with Crippen LogP contribution in [-0.2, 0) is 37.5 Å². The van der Waals surface area contributed by atoms with E-state index in [0.29, 0.717) is 13.8 Å². The molecule has 8 heteroatoms. The number of carboxylic acids is 1. The minimum Gasteiger partial charge on any atom is -0.656 e. The molecule has 0 atom stereocenters. The number of nitrogens with zero attached hydrogens (tertiary/aromatic N) is 1. The van der Waals surface area contributed by atoms with Crippen molar-refractivity contribution in [3.8, 4) is 0 Å². The summed E-state index contributed by atoms with van der Waals surface area (Å²) in [5.41, 5.74) is -2.56. The molecule has 0 heterocycles. The molecule has 0 aromatic rings. The molecule has 4 nitrogen and oxygen atoms in total. The number of likely N-dealkylation sites (N-methyl/N-ethyl adjacent to an activating group) is 1. The summed E-state index contributed by atoms with van der Waals surface area (Å²) in [6.45, 7) is 5.57. The maximum atomic E-state index is 11.3. The van der Waals surface area contributed by atoms with Crippen LogP contribution in [0.4, 0.5) is 13.2 Å². The fraction of sp³-hybridized carbons (Fsp3) is 0.900. The first-order valence-corrected chi connectivity index (χ1v) is 5.00. The Hall–Kier alpha value is 0.284. The Kier molecular flexibility index (Phi) is 20.4. The van der Waals surface area contributed by atoms with E-state index in [1.807, 2.05) is 0 Å². The van der Waals surface area contributed by atoms with Crippen molar-refractivity contribution in [3.05, 3.63) is 5.32 Å². The quantitative estimate of drug-likeness (QED) is 0.805. The molecule has 109 valence electrons. The average molecular weight is 349 g/mol. The standard InChI is InChI=1S/C4H7F3O.C3H6NO2.C3H8.Y/c1-3(2,8)4(5,6)7;1-4-2-3(5)6;1-3-2;/h8H,1-2H3;2H2,1H3,(H,5,6);3H2,1-2H3;/q;-1;;. The zero-order chi connectivity index (χ0) is 14.7. The Morgan fingerprint density at radius 1 is 1.22 bits per heavy atom. The maximum Gasteiger partial charge on any atom is 0.416 e. The molecule has 0 aliphatic heterocycles. The minimum absolute atomic E-state index is 0. The summed E-state index contributed by atoms with van der Waals surface area (Å²) in [6.07, 6.45) is -3.26. The van der Waals surface area contributed by atoms with E-state index < -0.39 is 17.7 Å². The fourth-order valence-corrected chi connectivity index (χ4v) is 0.135. The Balaban J connectivity index is -0.0000000875. The van der Waals surface area contributed by atoms with Crippen LogP contribution in [-0.4, -0.2) is 41.6 Å². The Morgan fingerprint density at radius 3 is 1.44 bits per heavy atom. The van der Waals surface area contributed by atoms with Gasteiger partial charge in [0.15, 0.2) is 5.60 Å². The summed E-state index contributed by atoms with van der Waals surface area (Å²) in [5.74, 6) is -0.877. The summed E-state index contributed by atoms with van der Waals surface area (Å²) in [5, 5.41) is 19.4. The molecular weight excluding hydrogens is 328 g/mol. The van der Waals surface area contributed by atoms with Gasteiger partial charge in [0.25, 0.3) is 5.97 Å². The van der Waals surface area contributed by atoms with Gasteiger partial charge in [-0.2, -0.15) is 20.2 Å². The molecule has 0 aromatic heterocycles. The molecule has 0 saturated carbocycles. The minimum atomic E-state index is -4.51. The third-order valence-electron chi connectivity index (χ3n) is 0.987. The van der Waals surface area contributed by atoms with E-state index in [1.165, 1.54) is 13.5 Å². The second-order valence-corrected chi connectivity index (χ2v) is 3.63. The van der Waals surface area contributed by atoms with E-state index in [0.717, 1.165) is 0 Å². The number of carboxylic acid groups (broad SMARTS) is 1. The molecule has 2 N–H and O–H groups in total. The number of rotatable bonds is 2. The second-order valence-electron chi connectivity index (χ2n) is 3.63. The third-order valence-corrected chi connectivity index (χ3v) is 0.987. The van der Waals surface area contributed by atoms with Gasteiger partial charge >= 0.3 is 6.18 Å². The molecular formula is C10H21F3NO3Y-. The van der Waals surface area contributed by atoms with Gasteiger partial charge in [-0.1, -0.05) is 20.3 Å². The second kappa shape index (κ2) is 13.7. The average Bonchev–Trinajstić information content (AvgIpc) is 2.01. The summed E-state index contributed by atoms with van der Waals surface area (Å²) < 4.78 is 33.9. The van der Waals surface area contributed by atoms with E-state index in [2.05, 4.69) is 19.2 Å². The number of aliphatic hydroxyl groups is 1. The van der Waals surface area contributed by atoms with Crippen molar-refractivity contribution in [2.45, 2.75) is 45.9 Å². The van der Waals surface area contributed by atoms with Crippen molar-refractivity contribution in [3.63, 3.8) is 0 Å². The molecule has 0 unspecified atom stereocenters. The molecule has 1 radical (unpaired) electrons. The zero-order valence-corrected chi connectivity index (χ0v) is 14.2. The Morgan fingerprint density at radius 2 is 1.44 bits per heavy atom. The van der Waals surface area contributed by atoms with Crippen molar-refractivity contribution in [1.82, 2.24) is 0 Å². The van der Waals surface area contributed by atoms with Gasteiger partial charge in [0.1, 0.15) is 0 Å². The predicted molar refractivity (Wildman–Crippen MR) is 60.1 cm³/mol. The number of hydrogen-bond acceptors (Lipinski definition) is 2. The van der Waals surface area contributed by atoms with Gasteiger partial charge in [-0.05, 0) is 20.4 Å². The first-order chi connectivity index (χ1) is 7.43. The van der Waals surface area contributed by atoms with Crippen LogP contribution in [0.25, 0.3) is 5.32 Å². The summed E-state index contributed by atoms with van der Waals surface area (Å²) >= 11 is 0. The summed E-state index contributed by atoms with van der Waals surface area (Å²) in [6, 6.07) is 0. The van der Waals surface area contributed by atoms with E-state index in [9.17, 15) is 18.0 Å². The number of carbonyl (C=O) groups is 1. The number of halogens is 3. The molecule has 0 bridgehead atoms. The van der Waals surface area contributed by atoms with Crippen LogP contribution in [0.15, 0.2) is 0 Å². The first-order valence-electron chi connectivity index (χ1n) is 5.00. The molecule has 0 amide bonds. The molecule has 0 spiro atoms. The number of alkyl halides is 3. The third kappa shape index (κ3) is 25.2. The molecule has 0 aliphatic carbocycles. The van der Waals surface area contributed by atoms with Gasteiger partial charge in [0, 0.05) is 32.7 Å². The van der Waals surface area contributed by atoms with E-state index in [1.54, 1.807) is 0 Å². The smallest absolute Gasteiger partial charge is 0.416 e. The molecule has 0 aromatic carbocycles. The normalized spacial score (nSPS) is 10.1. The Bertz CT molecular complexity index is 182. The van der Waals surface area contributed by atoms with Crippen LogP contribution in [0.1, 0.15) is 34.1 Å². The van der Waals surface area contributed by atoms with Crippen LogP contribution in [0.3, 0.4) is 0 Å². The van der Waals surface area contributed by atoms with Crippen LogP contribution in [0.5, 0.6) is 0 Å². The van der Waals surface area contributed by atoms with Gasteiger partial charge < -0.3 is 15.5 Å². The van der Waals surface area contributed by atoms with Crippen molar-refractivity contribution in [2.75, 3.05) is 13.6 Å². The largest absolute Gasteiger partial charge is 0.656 e. The summed E-state index contributed by atoms with van der Waals surface area (Å²) in [7, 11) is 1.47. The molecule has 0 rings (SSSR count). The van der Waals surface area contributed by atoms with Gasteiger partial charge in [-0.15, -0.1) is 0 Å². The maximum absolute atomic E-state index is 11.3. The zero-order valence-electron chi connectivity index (χ0n) is 11.4. The van der Waals surface area contributed by atoms with Crippen molar-refractivity contribution >= 4 is 5.97 Å². The van der Waals surface area contributed by atoms with Gasteiger partial charge in [0.05, 0.1) is 0 Å². The van der Waals surface area contributed by atoms with Crippen molar-refractivity contribution in [1.29, 1.82) is 0 Å². The van der Waals surface area contributed by atoms with Crippen LogP contribution in [0, 0.1) is 0 Å². The Labute approximate surface area is 131 Å². The fourth-order valence-electron chi connectivity index (χ4n) is 0.135. The van der Waals surface area contributed by atoms with Crippen LogP contribution < -0.4 is 0 Å². The summed E-state index contributed by atoms with van der Waals surface area (Å²) in [4.78, 5) is 9.51. The van der Waals surface area contributed by atoms with E-state index >= 15 is 0 Å². The number of aliphatic carboxylic acids is 1. The van der Waals surface area contributed by atoms with Crippen molar-refractivity contribution < 1.29 is 60.9 Å². The topological polar surface area (TPSA) is 71.6 Å². The number of hydrogen-bond donors (Lipinski definition) is 2. The molecule has 18 heavy (non-hydrogen) atoms. The van der Waals surface area contributed by atoms with E-state index in [4.69, 9.17) is 10.2 Å². The van der Waals surface area contributed by atoms with Crippen LogP contribution >= 0.6 is 0 Å². The van der Waals surface area contributed by atoms with E-state index in [-0.39, 0.29) is 39.3 Å². The molecule has 0 saturated heterocycles. The SMILES string of the molecule is CC(C)(O)C(F)(F)F.CCC.C[N-]CC(=O)O.[Y]. The molecule has 0 fully saturated rings. The van der Waals surface area contributed by atoms with Gasteiger partial charge in [-0.25, -0.2) is 0 Å². The van der Waals surface area contributed by atoms with Crippen molar-refractivity contribution in [2.24, 2.45) is 0 Å². The van der Waals surface area contributed by atoms with Crippen LogP contribution in [0.2, 0.25) is 0 Å². The monoisotopic (exact) mass is 349 g/mol.